The molecule has 6 heterocycles. The molecule has 2 aromatic carbocycles. The van der Waals surface area contributed by atoms with Crippen LogP contribution in [0.15, 0.2) is 47.3 Å². The molecule has 9 rings (SSSR count). The molecule has 0 spiro atoms. The average molecular weight is 1680 g/mol. The van der Waals surface area contributed by atoms with Crippen LogP contribution in [0.5, 0.6) is 5.75 Å². The summed E-state index contributed by atoms with van der Waals surface area (Å²) in [5, 5.41) is 66.8. The molecule has 0 unspecified atom stereocenters. The van der Waals surface area contributed by atoms with Gasteiger partial charge in [0.25, 0.3) is 17.4 Å². The van der Waals surface area contributed by atoms with Gasteiger partial charge in [-0.2, -0.15) is 0 Å². The number of aliphatic carboxylic acids is 1. The summed E-state index contributed by atoms with van der Waals surface area (Å²) in [4.78, 5) is 138. The summed E-state index contributed by atoms with van der Waals surface area (Å²) in [6.07, 6.45) is -9.42. The summed E-state index contributed by atoms with van der Waals surface area (Å²) < 4.78 is 105. The number of nitrogens with zero attached hydrogens (tertiary/aromatic N) is 3. The number of amides is 7. The van der Waals surface area contributed by atoms with E-state index in [1.54, 1.807) is 21.0 Å². The van der Waals surface area contributed by atoms with Gasteiger partial charge in [-0.15, -0.1) is 0 Å². The van der Waals surface area contributed by atoms with E-state index in [0.717, 1.165) is 12.2 Å². The third kappa shape index (κ3) is 26.2. The minimum absolute atomic E-state index is 0.0425. The van der Waals surface area contributed by atoms with Crippen molar-refractivity contribution in [2.45, 2.75) is 127 Å². The maximum absolute atomic E-state index is 15.7. The Morgan fingerprint density at radius 2 is 1.24 bits per heavy atom. The van der Waals surface area contributed by atoms with Crippen LogP contribution >= 0.6 is 0 Å². The number of benzene rings is 2. The Kier molecular flexibility index (Phi) is 37.5. The summed E-state index contributed by atoms with van der Waals surface area (Å²) in [5.41, 5.74) is 6.50. The molecule has 0 saturated carbocycles. The number of carbonyl (C=O) groups excluding carboxylic acids is 8. The van der Waals surface area contributed by atoms with Crippen molar-refractivity contribution in [1.82, 2.24) is 41.0 Å². The van der Waals surface area contributed by atoms with Gasteiger partial charge >= 0.3 is 18.0 Å². The van der Waals surface area contributed by atoms with Crippen molar-refractivity contribution in [3.05, 3.63) is 103 Å². The van der Waals surface area contributed by atoms with E-state index in [4.69, 9.17) is 86.5 Å². The number of carbonyl (C=O) groups is 9. The first-order valence-electron chi connectivity index (χ1n) is 39.2. The van der Waals surface area contributed by atoms with Crippen molar-refractivity contribution in [1.29, 1.82) is 0 Å². The summed E-state index contributed by atoms with van der Waals surface area (Å²) in [6.45, 7) is 9.04. The van der Waals surface area contributed by atoms with Crippen molar-refractivity contribution < 1.29 is 149 Å². The van der Waals surface area contributed by atoms with E-state index in [9.17, 15) is 73.5 Å². The Morgan fingerprint density at radius 1 is 0.681 bits per heavy atom. The highest BCUT2D eigenvalue weighted by atomic mass is 19.1. The van der Waals surface area contributed by atoms with E-state index in [-0.39, 0.29) is 110 Å². The third-order valence-electron chi connectivity index (χ3n) is 19.8. The van der Waals surface area contributed by atoms with Crippen LogP contribution in [0.3, 0.4) is 0 Å². The number of aliphatic hydroxyl groups excluding tert-OH is 3. The number of pyridine rings is 2. The first-order valence-corrected chi connectivity index (χ1v) is 39.2. The van der Waals surface area contributed by atoms with Gasteiger partial charge in [0.05, 0.1) is 187 Å². The standard InChI is InChI=1S/C78H106FN9O31/c1-4-78(103)52-38-57-66-50(43-87(57)73(98)51(52)45-116-76(78)101)65-54(7-6-49-46(2)53(79)39-55(84-66)64(49)65)86-77(102)117-44-47-5-8-59(118-75-69(95)67(93)68(94)70(119-75)74(99)100)48(37-47)41-82-60(89)11-13-81-71(96)56(85-72(97)58(40-80)88-62(91)9-10-63(88)92)42-83-61(90)12-14-105-17-18-107-21-22-109-25-26-111-29-30-113-33-34-115-36-35-114-32-31-112-28-27-110-24-23-108-20-19-106-16-15-104-3/h5,8-10,37-39,54,56,58,67-70,75,93-95,103H,4,6-7,11-36,40-45,80H2,1-3H3,(H,81,96)(H,82,89)(H,83,90)(H,85,97)(H,86,102)(H,99,100)/t54-,56-,58-,67-,68-,69+,70-,75+,78-/m0/s1. The maximum atomic E-state index is 15.7. The van der Waals surface area contributed by atoms with Gasteiger partial charge in [-0.1, -0.05) is 13.0 Å². The summed E-state index contributed by atoms with van der Waals surface area (Å²) in [7, 11) is 1.62. The van der Waals surface area contributed by atoms with Gasteiger partial charge in [0, 0.05) is 86.4 Å². The number of alkyl carbamates (subject to hydrolysis) is 1. The molecule has 7 amide bonds. The second-order valence-corrected chi connectivity index (χ2v) is 27.7. The van der Waals surface area contributed by atoms with E-state index in [1.807, 2.05) is 0 Å². The van der Waals surface area contributed by atoms with Crippen molar-refractivity contribution in [3.8, 4) is 17.1 Å². The molecule has 4 aromatic rings. The second-order valence-electron chi connectivity index (χ2n) is 27.7. The molecule has 1 fully saturated rings. The van der Waals surface area contributed by atoms with Crippen molar-refractivity contribution in [3.63, 3.8) is 0 Å². The lowest BCUT2D eigenvalue weighted by Gasteiger charge is -2.38. The van der Waals surface area contributed by atoms with Crippen LogP contribution in [0.4, 0.5) is 9.18 Å². The second kappa shape index (κ2) is 47.7. The molecule has 0 bridgehead atoms. The van der Waals surface area contributed by atoms with Crippen LogP contribution in [-0.4, -0.2) is 315 Å². The number of esters is 1. The predicted octanol–water partition coefficient (Wildman–Crippen LogP) is -2.09. The molecular weight excluding hydrogens is 1580 g/mol. The van der Waals surface area contributed by atoms with Crippen LogP contribution in [0, 0.1) is 12.7 Å². The SMILES string of the molecule is CC[C@@]1(O)C(=O)OCc2c1cc1n(c2=O)Cc2c-1nc1cc(F)c(C)c3c1c2[C@@H](NC(=O)OCc1ccc(O[C@@H]2O[C@H](C(=O)O)[C@@H](O)[C@H](O)[C@H]2O)c(CNC(=O)CCNC(=O)[C@H](CNC(=O)CCOCCOCCOCCOCCOCCOCCOCCOCCOCCOCCOCCOC)NC(=O)[C@H](CN)N2C(=O)C=CC2=O)c1)CC3. The number of hydrogen-bond donors (Lipinski definition) is 11. The summed E-state index contributed by atoms with van der Waals surface area (Å²) in [5.74, 6) is -8.28. The zero-order valence-corrected chi connectivity index (χ0v) is 66.6. The molecule has 5 aliphatic rings. The minimum atomic E-state index is -2.13. The number of halogens is 1. The van der Waals surface area contributed by atoms with Gasteiger partial charge < -0.3 is 138 Å². The quantitative estimate of drug-likeness (QED) is 0.0113. The lowest BCUT2D eigenvalue weighted by Crippen LogP contribution is -2.61. The van der Waals surface area contributed by atoms with Crippen molar-refractivity contribution in [2.75, 3.05) is 179 Å². The number of rotatable bonds is 55. The first-order chi connectivity index (χ1) is 57.5. The highest BCUT2D eigenvalue weighted by Crippen LogP contribution is 2.46. The molecule has 12 N–H and O–H groups in total. The van der Waals surface area contributed by atoms with E-state index in [2.05, 4.69) is 26.6 Å². The lowest BCUT2D eigenvalue weighted by molar-refractivity contribution is -0.271. The predicted molar refractivity (Wildman–Crippen MR) is 409 cm³/mol. The molecule has 656 valence electrons. The van der Waals surface area contributed by atoms with Gasteiger partial charge in [0.2, 0.25) is 29.9 Å². The number of aliphatic hydroxyl groups is 4. The molecule has 1 aliphatic carbocycles. The van der Waals surface area contributed by atoms with Gasteiger partial charge in [0.1, 0.15) is 55.2 Å². The van der Waals surface area contributed by atoms with E-state index in [1.165, 1.54) is 34.9 Å². The van der Waals surface area contributed by atoms with Gasteiger partial charge in [-0.3, -0.25) is 38.5 Å². The minimum Gasteiger partial charge on any atom is -0.479 e. The zero-order valence-electron chi connectivity index (χ0n) is 66.6. The fraction of sp³-hybridized carbons (Fsp3) is 0.603. The molecule has 0 radical (unpaired) electrons. The van der Waals surface area contributed by atoms with Crippen molar-refractivity contribution >= 4 is 64.4 Å². The Balaban J connectivity index is 0.699. The smallest absolute Gasteiger partial charge is 0.407 e. The number of nitrogens with two attached hydrogens (primary N) is 1. The number of ether oxygens (including phenoxy) is 16. The van der Waals surface area contributed by atoms with Gasteiger partial charge in [-0.05, 0) is 66.6 Å². The van der Waals surface area contributed by atoms with Crippen LogP contribution in [0.1, 0.15) is 83.2 Å². The van der Waals surface area contributed by atoms with Crippen LogP contribution in [0.2, 0.25) is 0 Å². The molecule has 40 nitrogen and oxygen atoms in total. The van der Waals surface area contributed by atoms with E-state index >= 15 is 4.39 Å². The monoisotopic (exact) mass is 1680 g/mol. The number of imide groups is 1. The molecule has 4 aliphatic heterocycles. The zero-order chi connectivity index (χ0) is 85.4. The number of carboxylic acid groups (broad SMARTS) is 1. The lowest BCUT2D eigenvalue weighted by atomic mass is 9.81. The number of aryl methyl sites for hydroxylation is 1. The number of cyclic esters (lactones) is 1. The summed E-state index contributed by atoms with van der Waals surface area (Å²) >= 11 is 0. The highest BCUT2D eigenvalue weighted by molar-refractivity contribution is 6.15. The van der Waals surface area contributed by atoms with Gasteiger partial charge in [0.15, 0.2) is 11.7 Å². The number of carboxylic acids is 1. The van der Waals surface area contributed by atoms with Gasteiger partial charge in [-0.25, -0.2) is 23.8 Å². The number of aromatic nitrogens is 2. The Labute approximate surface area is 683 Å². The Bertz CT molecular complexity index is 4190. The fourth-order valence-corrected chi connectivity index (χ4v) is 13.4. The molecule has 2 aromatic heterocycles. The normalized spacial score (nSPS) is 19.5. The molecule has 9 atom stereocenters. The molecule has 119 heavy (non-hydrogen) atoms. The molecular formula is C78H106FN9O31. The average Bonchev–Trinajstić information content (AvgIpc) is 1.59. The maximum Gasteiger partial charge on any atom is 0.407 e. The largest absolute Gasteiger partial charge is 0.479 e. The number of methoxy groups -OCH3 is 1. The van der Waals surface area contributed by atoms with Crippen LogP contribution in [-0.2, 0) is 148 Å². The Hall–Kier alpha value is -9.22. The third-order valence-corrected chi connectivity index (χ3v) is 19.8. The molecule has 41 heteroatoms. The topological polar surface area (TPSA) is 527 Å². The van der Waals surface area contributed by atoms with E-state index < -0.39 is 158 Å². The number of hydrogen-bond acceptors (Lipinski definition) is 32. The molecule has 1 saturated heterocycles. The van der Waals surface area contributed by atoms with Crippen molar-refractivity contribution in [2.24, 2.45) is 5.73 Å². The fourth-order valence-electron chi connectivity index (χ4n) is 13.4. The highest BCUT2D eigenvalue weighted by Gasteiger charge is 2.49. The first kappa shape index (κ1) is 93.6. The number of nitrogens with one attached hydrogen (secondary N) is 5. The van der Waals surface area contributed by atoms with E-state index in [0.29, 0.717) is 158 Å². The number of fused-ring (bicyclic) bond motifs is 5. The van der Waals surface area contributed by atoms with Crippen LogP contribution < -0.4 is 42.6 Å². The summed E-state index contributed by atoms with van der Waals surface area (Å²) in [6, 6.07) is 2.95. The Morgan fingerprint density at radius 3 is 1.78 bits per heavy atom. The van der Waals surface area contributed by atoms with Crippen LogP contribution in [0.25, 0.3) is 22.3 Å².